The molecule has 0 radical (unpaired) electrons. The van der Waals surface area contributed by atoms with Gasteiger partial charge in [0.05, 0.1) is 23.2 Å². The lowest BCUT2D eigenvalue weighted by Gasteiger charge is -2.35. The van der Waals surface area contributed by atoms with Crippen molar-refractivity contribution in [3.63, 3.8) is 0 Å². The third-order valence-corrected chi connectivity index (χ3v) is 4.77. The third-order valence-electron chi connectivity index (χ3n) is 4.77. The van der Waals surface area contributed by atoms with E-state index in [4.69, 9.17) is 4.74 Å². The molecule has 3 heterocycles. The van der Waals surface area contributed by atoms with Gasteiger partial charge in [-0.3, -0.25) is 19.4 Å². The fourth-order valence-corrected chi connectivity index (χ4v) is 3.55. The van der Waals surface area contributed by atoms with Crippen molar-refractivity contribution < 1.29 is 9.53 Å². The van der Waals surface area contributed by atoms with Crippen molar-refractivity contribution >= 4 is 16.9 Å². The van der Waals surface area contributed by atoms with Crippen LogP contribution in [-0.4, -0.2) is 50.9 Å². The average molecular weight is 330 g/mol. The second-order valence-corrected chi connectivity index (χ2v) is 7.03. The van der Waals surface area contributed by atoms with E-state index in [9.17, 15) is 9.59 Å². The number of H-pyrrole nitrogens is 1. The highest BCUT2D eigenvalue weighted by Gasteiger charge is 2.32. The van der Waals surface area contributed by atoms with Crippen molar-refractivity contribution in [2.24, 2.45) is 7.05 Å². The first-order chi connectivity index (χ1) is 11.4. The number of aromatic nitrogens is 3. The summed E-state index contributed by atoms with van der Waals surface area (Å²) in [6.45, 7) is 5.00. The molecule has 0 spiro atoms. The number of aromatic amines is 1. The quantitative estimate of drug-likeness (QED) is 0.902. The van der Waals surface area contributed by atoms with Gasteiger partial charge in [-0.05, 0) is 32.8 Å². The Morgan fingerprint density at radius 2 is 1.96 bits per heavy atom. The molecule has 2 unspecified atom stereocenters. The highest BCUT2D eigenvalue weighted by molar-refractivity contribution is 6.05. The van der Waals surface area contributed by atoms with Gasteiger partial charge < -0.3 is 9.64 Å². The van der Waals surface area contributed by atoms with Gasteiger partial charge in [0.1, 0.15) is 0 Å². The van der Waals surface area contributed by atoms with Gasteiger partial charge >= 0.3 is 0 Å². The SMILES string of the molecule is CC1CN(C(=O)c2cc(C3CC3)nc3c2c(=O)[nH]n3C)CC(C)O1. The summed E-state index contributed by atoms with van der Waals surface area (Å²) in [6.07, 6.45) is 2.17. The molecule has 2 fully saturated rings. The first kappa shape index (κ1) is 15.4. The molecule has 1 saturated carbocycles. The Morgan fingerprint density at radius 3 is 2.58 bits per heavy atom. The standard InChI is InChI=1S/C17H22N4O3/c1-9-7-21(8-10(2)24-9)17(23)12-6-13(11-4-5-11)18-15-14(12)16(22)19-20(15)3/h6,9-11H,4-5,7-8H2,1-3H3,(H,19,22). The zero-order valence-corrected chi connectivity index (χ0v) is 14.2. The molecule has 1 saturated heterocycles. The Morgan fingerprint density at radius 1 is 1.29 bits per heavy atom. The molecule has 1 aliphatic carbocycles. The number of carbonyl (C=O) groups is 1. The lowest BCUT2D eigenvalue weighted by molar-refractivity contribution is -0.0585. The number of hydrogen-bond donors (Lipinski definition) is 1. The van der Waals surface area contributed by atoms with E-state index in [0.717, 1.165) is 18.5 Å². The zero-order valence-electron chi connectivity index (χ0n) is 14.2. The number of aryl methyl sites for hydroxylation is 1. The maximum absolute atomic E-state index is 13.1. The fraction of sp³-hybridized carbons (Fsp3) is 0.588. The van der Waals surface area contributed by atoms with Crippen molar-refractivity contribution in [1.82, 2.24) is 19.7 Å². The monoisotopic (exact) mass is 330 g/mol. The number of amides is 1. The van der Waals surface area contributed by atoms with Crippen LogP contribution in [-0.2, 0) is 11.8 Å². The van der Waals surface area contributed by atoms with E-state index in [2.05, 4.69) is 10.1 Å². The molecular weight excluding hydrogens is 308 g/mol. The van der Waals surface area contributed by atoms with Crippen molar-refractivity contribution in [3.8, 4) is 0 Å². The summed E-state index contributed by atoms with van der Waals surface area (Å²) < 4.78 is 7.31. The van der Waals surface area contributed by atoms with E-state index in [1.807, 2.05) is 19.9 Å². The normalized spacial score (nSPS) is 24.5. The number of fused-ring (bicyclic) bond motifs is 1. The van der Waals surface area contributed by atoms with Crippen LogP contribution in [0.15, 0.2) is 10.9 Å². The number of morpholine rings is 1. The van der Waals surface area contributed by atoms with Crippen molar-refractivity contribution in [3.05, 3.63) is 27.7 Å². The Kier molecular flexibility index (Phi) is 3.49. The smallest absolute Gasteiger partial charge is 0.274 e. The van der Waals surface area contributed by atoms with E-state index >= 15 is 0 Å². The number of nitrogens with zero attached hydrogens (tertiary/aromatic N) is 3. The first-order valence-electron chi connectivity index (χ1n) is 8.48. The number of rotatable bonds is 2. The highest BCUT2D eigenvalue weighted by Crippen LogP contribution is 2.40. The van der Waals surface area contributed by atoms with E-state index < -0.39 is 0 Å². The largest absolute Gasteiger partial charge is 0.372 e. The zero-order chi connectivity index (χ0) is 17.0. The lowest BCUT2D eigenvalue weighted by atomic mass is 10.1. The van der Waals surface area contributed by atoms with Gasteiger partial charge in [-0.15, -0.1) is 0 Å². The second-order valence-electron chi connectivity index (χ2n) is 7.03. The lowest BCUT2D eigenvalue weighted by Crippen LogP contribution is -2.48. The summed E-state index contributed by atoms with van der Waals surface area (Å²) in [4.78, 5) is 31.9. The summed E-state index contributed by atoms with van der Waals surface area (Å²) >= 11 is 0. The molecular formula is C17H22N4O3. The molecule has 1 N–H and O–H groups in total. The van der Waals surface area contributed by atoms with Gasteiger partial charge in [0.2, 0.25) is 0 Å². The van der Waals surface area contributed by atoms with Gasteiger partial charge in [-0.2, -0.15) is 0 Å². The molecule has 2 aromatic heterocycles. The van der Waals surface area contributed by atoms with Gasteiger partial charge in [0.15, 0.2) is 5.65 Å². The van der Waals surface area contributed by atoms with Crippen LogP contribution < -0.4 is 5.56 Å². The maximum atomic E-state index is 13.1. The minimum absolute atomic E-state index is 0.00742. The van der Waals surface area contributed by atoms with Crippen LogP contribution in [0.5, 0.6) is 0 Å². The Hall–Kier alpha value is -2.15. The molecule has 7 heteroatoms. The van der Waals surface area contributed by atoms with E-state index in [0.29, 0.717) is 35.6 Å². The summed E-state index contributed by atoms with van der Waals surface area (Å²) in [6, 6.07) is 1.82. The molecule has 7 nitrogen and oxygen atoms in total. The number of hydrogen-bond acceptors (Lipinski definition) is 4. The molecule has 128 valence electrons. The van der Waals surface area contributed by atoms with Gasteiger partial charge in [0.25, 0.3) is 11.5 Å². The molecule has 4 rings (SSSR count). The van der Waals surface area contributed by atoms with Gasteiger partial charge in [0, 0.05) is 31.7 Å². The predicted molar refractivity (Wildman–Crippen MR) is 89.2 cm³/mol. The van der Waals surface area contributed by atoms with Crippen LogP contribution in [0.2, 0.25) is 0 Å². The average Bonchev–Trinajstić information content (AvgIpc) is 3.32. The summed E-state index contributed by atoms with van der Waals surface area (Å²) in [5.74, 6) is 0.302. The molecule has 2 aliphatic rings. The summed E-state index contributed by atoms with van der Waals surface area (Å²) in [5, 5.41) is 3.11. The van der Waals surface area contributed by atoms with E-state index in [-0.39, 0.29) is 23.7 Å². The first-order valence-corrected chi connectivity index (χ1v) is 8.48. The molecule has 2 aromatic rings. The minimum atomic E-state index is -0.264. The van der Waals surface area contributed by atoms with Crippen molar-refractivity contribution in [2.75, 3.05) is 13.1 Å². The second kappa shape index (κ2) is 5.44. The molecule has 1 amide bonds. The number of nitrogens with one attached hydrogen (secondary N) is 1. The van der Waals surface area contributed by atoms with Crippen molar-refractivity contribution in [2.45, 2.75) is 44.8 Å². The maximum Gasteiger partial charge on any atom is 0.274 e. The Bertz CT molecular complexity index is 855. The third kappa shape index (κ3) is 2.53. The molecule has 2 atom stereocenters. The predicted octanol–water partition coefficient (Wildman–Crippen LogP) is 1.39. The Balaban J connectivity index is 1.82. The van der Waals surface area contributed by atoms with E-state index in [1.54, 1.807) is 16.6 Å². The van der Waals surface area contributed by atoms with Gasteiger partial charge in [-0.1, -0.05) is 0 Å². The number of pyridine rings is 1. The van der Waals surface area contributed by atoms with Crippen LogP contribution in [0.1, 0.15) is 48.7 Å². The Labute approximate surface area is 139 Å². The molecule has 1 aliphatic heterocycles. The highest BCUT2D eigenvalue weighted by atomic mass is 16.5. The van der Waals surface area contributed by atoms with Crippen LogP contribution in [0, 0.1) is 0 Å². The van der Waals surface area contributed by atoms with Crippen LogP contribution in [0.3, 0.4) is 0 Å². The summed E-state index contributed by atoms with van der Waals surface area (Å²) in [5.41, 5.74) is 1.67. The number of ether oxygens (including phenoxy) is 1. The van der Waals surface area contributed by atoms with Crippen LogP contribution in [0.25, 0.3) is 11.0 Å². The molecule has 24 heavy (non-hydrogen) atoms. The van der Waals surface area contributed by atoms with Crippen molar-refractivity contribution in [1.29, 1.82) is 0 Å². The topological polar surface area (TPSA) is 80.2 Å². The van der Waals surface area contributed by atoms with Crippen LogP contribution in [0.4, 0.5) is 0 Å². The fourth-order valence-electron chi connectivity index (χ4n) is 3.55. The molecule has 0 bridgehead atoms. The van der Waals surface area contributed by atoms with E-state index in [1.165, 1.54) is 0 Å². The minimum Gasteiger partial charge on any atom is -0.372 e. The number of carbonyl (C=O) groups excluding carboxylic acids is 1. The summed E-state index contributed by atoms with van der Waals surface area (Å²) in [7, 11) is 1.75. The van der Waals surface area contributed by atoms with Gasteiger partial charge in [-0.25, -0.2) is 4.98 Å². The molecule has 0 aromatic carbocycles. The van der Waals surface area contributed by atoms with Crippen LogP contribution >= 0.6 is 0 Å².